The van der Waals surface area contributed by atoms with Crippen molar-refractivity contribution in [3.63, 3.8) is 0 Å². The number of aryl methyl sites for hydroxylation is 2. The van der Waals surface area contributed by atoms with E-state index in [2.05, 4.69) is 37.3 Å². The van der Waals surface area contributed by atoms with Crippen molar-refractivity contribution < 1.29 is 128 Å². The fourth-order valence-corrected chi connectivity index (χ4v) is 12.5. The van der Waals surface area contributed by atoms with Gasteiger partial charge in [0.1, 0.15) is 6.29 Å². The predicted molar refractivity (Wildman–Crippen MR) is 312 cm³/mol. The molecule has 0 radical (unpaired) electrons. The second-order valence-electron chi connectivity index (χ2n) is 20.1. The Kier molecular flexibility index (Phi) is 36.1. The van der Waals surface area contributed by atoms with Gasteiger partial charge in [0.05, 0.1) is 15.5 Å². The van der Waals surface area contributed by atoms with Gasteiger partial charge < -0.3 is 28.6 Å². The molecule has 3 unspecified atom stereocenters. The first-order valence-corrected chi connectivity index (χ1v) is 30.6. The van der Waals surface area contributed by atoms with E-state index < -0.39 is 48.6 Å². The van der Waals surface area contributed by atoms with Crippen LogP contribution in [0.2, 0.25) is 0 Å². The molecule has 12 nitrogen and oxygen atoms in total. The maximum atomic E-state index is 12.9. The SMILES string of the molecule is C#[N+]CS(=O)(=O)c1ccc(C)cc1.CC(O)(c1ccc(-c2ocnc2C2CCCCC2)cc1)C(F)(F)F.CC(O)(c1ccc(C=O)cc1)C(F)(F)F.C[O-].IC1CCCCC1.[C-]#[N+]C(C1CCCCC1)S(=O)(=O)c1ccc(C)cc1.[CH3-].[H-].[Na+].[Na+]. The Hall–Kier alpha value is -3.17. The van der Waals surface area contributed by atoms with E-state index in [0.717, 1.165) is 105 Å². The van der Waals surface area contributed by atoms with Crippen LogP contribution in [0.1, 0.15) is 156 Å². The zero-order valence-electron chi connectivity index (χ0n) is 49.6. The van der Waals surface area contributed by atoms with Gasteiger partial charge in [-0.1, -0.05) is 169 Å². The molecule has 0 spiro atoms. The first-order chi connectivity index (χ1) is 37.6. The number of aromatic nitrogens is 1. The number of alkyl halides is 7. The summed E-state index contributed by atoms with van der Waals surface area (Å²) >= 11 is 2.56. The van der Waals surface area contributed by atoms with Crippen LogP contribution in [-0.4, -0.2) is 73.0 Å². The molecule has 8 rings (SSSR count). The molecule has 0 aliphatic heterocycles. The van der Waals surface area contributed by atoms with E-state index in [1.165, 1.54) is 69.2 Å². The Morgan fingerprint density at radius 3 is 1.47 bits per heavy atom. The number of aldehydes is 1. The van der Waals surface area contributed by atoms with E-state index in [0.29, 0.717) is 30.5 Å². The topological polar surface area (TPSA) is 184 Å². The van der Waals surface area contributed by atoms with Crippen LogP contribution in [0.15, 0.2) is 118 Å². The number of rotatable bonds is 10. The molecule has 83 heavy (non-hydrogen) atoms. The molecular weight excluding hydrogens is 1260 g/mol. The summed E-state index contributed by atoms with van der Waals surface area (Å²) in [7, 11) is -6.09. The van der Waals surface area contributed by atoms with Gasteiger partial charge in [-0.05, 0) is 102 Å². The molecule has 0 bridgehead atoms. The Balaban J connectivity index is 0. The van der Waals surface area contributed by atoms with Crippen molar-refractivity contribution in [3.8, 4) is 17.9 Å². The van der Waals surface area contributed by atoms with Crippen molar-refractivity contribution >= 4 is 48.6 Å². The average Bonchev–Trinajstić information content (AvgIpc) is 3.93. The normalized spacial score (nSPS) is 16.6. The molecule has 3 saturated carbocycles. The van der Waals surface area contributed by atoms with Crippen LogP contribution in [0.5, 0.6) is 0 Å². The number of oxazole rings is 1. The van der Waals surface area contributed by atoms with Crippen LogP contribution in [0.4, 0.5) is 26.3 Å². The van der Waals surface area contributed by atoms with E-state index in [1.54, 1.807) is 60.7 Å². The van der Waals surface area contributed by atoms with Crippen molar-refractivity contribution in [2.75, 3.05) is 13.0 Å². The largest absolute Gasteiger partial charge is 1.00 e. The number of carbonyl (C=O) groups is 1. The van der Waals surface area contributed by atoms with Gasteiger partial charge in [0.2, 0.25) is 0 Å². The van der Waals surface area contributed by atoms with Gasteiger partial charge in [0.25, 0.3) is 26.2 Å². The fourth-order valence-electron chi connectivity index (χ4n) is 8.98. The monoisotopic (exact) mass is 1330 g/mol. The number of aliphatic hydroxyl groups is 2. The van der Waals surface area contributed by atoms with Crippen molar-refractivity contribution in [2.45, 2.75) is 173 Å². The first-order valence-electron chi connectivity index (χ1n) is 26.2. The van der Waals surface area contributed by atoms with Crippen LogP contribution < -0.4 is 64.2 Å². The summed E-state index contributed by atoms with van der Waals surface area (Å²) in [6.45, 7) is 17.4. The molecule has 1 heterocycles. The summed E-state index contributed by atoms with van der Waals surface area (Å²) in [5.41, 5.74) is -2.40. The summed E-state index contributed by atoms with van der Waals surface area (Å²) in [4.78, 5) is 21.7. The molecule has 3 aliphatic rings. The van der Waals surface area contributed by atoms with E-state index in [1.807, 2.05) is 13.8 Å². The summed E-state index contributed by atoms with van der Waals surface area (Å²) in [5, 5.41) is 26.4. The van der Waals surface area contributed by atoms with Crippen molar-refractivity contribution in [3.05, 3.63) is 161 Å². The standard InChI is InChI=1S/C18H20F3NO2.C15H19NO2S.C10H9F3O2.C9H10NO2S.C6H11I.CH3O.CH3.2Na.H/c1-17(23,18(19,20)21)14-9-7-13(8-10-14)16-15(22-11-24-16)12-5-3-2-4-6-12;1-12-8-10-14(11-9-12)19(17,18)15(16-2)13-6-4-3-5-7-13;1-9(15,10(11,12)13)8-4-2-7(6-14)3-5-8;1-8-3-5-9(6-4-8)13(11,12)7-10-2;7-6-4-2-1-3-5-6;1-2;;;;/h7-12,23H,2-6H2,1H3;8-11,13,15H,3-7H2,1H3;2-6,15H,1H3;2-6H,7H2,1H3;6H,1-5H2;1H3;1H3;;;/q;;;+1;;2*-1;2*+1;-1. The van der Waals surface area contributed by atoms with Crippen LogP contribution in [0, 0.1) is 40.3 Å². The van der Waals surface area contributed by atoms with Gasteiger partial charge in [-0.15, -0.1) is 0 Å². The van der Waals surface area contributed by atoms with Crippen LogP contribution in [-0.2, 0) is 30.9 Å². The molecule has 23 heteroatoms. The zero-order chi connectivity index (χ0) is 60.0. The summed E-state index contributed by atoms with van der Waals surface area (Å²) in [5.74, 6) is 0.582. The van der Waals surface area contributed by atoms with E-state index in [4.69, 9.17) is 22.7 Å². The van der Waals surface area contributed by atoms with Gasteiger partial charge >= 0.3 is 82.7 Å². The van der Waals surface area contributed by atoms with Crippen LogP contribution >= 0.6 is 22.6 Å². The van der Waals surface area contributed by atoms with E-state index >= 15 is 0 Å². The number of hydrogen-bond donors (Lipinski definition) is 2. The molecule has 3 fully saturated rings. The molecule has 3 aliphatic carbocycles. The number of sulfone groups is 2. The summed E-state index contributed by atoms with van der Waals surface area (Å²) in [6.07, 6.45) is 10.4. The Morgan fingerprint density at radius 1 is 0.699 bits per heavy atom. The van der Waals surface area contributed by atoms with E-state index in [-0.39, 0.29) is 106 Å². The Labute approximate surface area is 546 Å². The molecule has 2 N–H and O–H groups in total. The number of halogens is 7. The van der Waals surface area contributed by atoms with Gasteiger partial charge in [-0.25, -0.2) is 28.4 Å². The minimum atomic E-state index is -4.74. The third-order valence-electron chi connectivity index (χ3n) is 14.0. The van der Waals surface area contributed by atoms with E-state index in [9.17, 15) is 58.2 Å². The molecule has 0 amide bonds. The maximum absolute atomic E-state index is 12.9. The minimum absolute atomic E-state index is 0. The number of carbonyl (C=O) groups excluding carboxylic acids is 1. The minimum Gasteiger partial charge on any atom is -1.00 e. The van der Waals surface area contributed by atoms with Crippen molar-refractivity contribution in [1.82, 2.24) is 4.98 Å². The summed E-state index contributed by atoms with van der Waals surface area (Å²) < 4.78 is 130. The molecule has 5 aromatic rings. The number of hydrogen-bond acceptors (Lipinski definition) is 10. The van der Waals surface area contributed by atoms with Crippen molar-refractivity contribution in [2.24, 2.45) is 5.92 Å². The molecule has 448 valence electrons. The van der Waals surface area contributed by atoms with Gasteiger partial charge in [-0.2, -0.15) is 33.5 Å². The Bertz CT molecular complexity index is 2980. The van der Waals surface area contributed by atoms with Gasteiger partial charge in [0, 0.05) is 26.9 Å². The Morgan fingerprint density at radius 2 is 1.10 bits per heavy atom. The smallest absolute Gasteiger partial charge is 1.00 e. The summed E-state index contributed by atoms with van der Waals surface area (Å²) in [6, 6.07) is 23.7. The van der Waals surface area contributed by atoms with Gasteiger partial charge in [0.15, 0.2) is 23.4 Å². The predicted octanol–water partition coefficient (Wildman–Crippen LogP) is 9.01. The molecule has 4 aromatic carbocycles. The van der Waals surface area contributed by atoms with Crippen LogP contribution in [0.25, 0.3) is 21.0 Å². The number of benzene rings is 4. The zero-order valence-corrected chi connectivity index (χ0v) is 56.4. The third kappa shape index (κ3) is 24.1. The third-order valence-corrected chi connectivity index (χ3v) is 18.8. The second-order valence-corrected chi connectivity index (χ2v) is 25.9. The second kappa shape index (κ2) is 37.5. The maximum Gasteiger partial charge on any atom is 1.00 e. The van der Waals surface area contributed by atoms with Crippen LogP contribution in [0.3, 0.4) is 0 Å². The molecule has 0 saturated heterocycles. The fraction of sp³-hybridized carbons (Fsp3) is 0.483. The quantitative estimate of drug-likeness (QED) is 0.0342. The van der Waals surface area contributed by atoms with Gasteiger partial charge in [-0.3, -0.25) is 9.64 Å². The average molecular weight is 1330 g/mol. The number of nitrogens with zero attached hydrogens (tertiary/aromatic N) is 3. The molecular formula is C60H76F6IN3Na2O9S2. The van der Waals surface area contributed by atoms with Crippen molar-refractivity contribution in [1.29, 1.82) is 0 Å². The molecule has 1 aromatic heterocycles. The first kappa shape index (κ1) is 79.8. The molecule has 3 atom stereocenters.